The molecule has 0 N–H and O–H groups in total. The van der Waals surface area contributed by atoms with E-state index in [4.69, 9.17) is 0 Å². The monoisotopic (exact) mass is 226 g/mol. The number of benzene rings is 1. The van der Waals surface area contributed by atoms with Gasteiger partial charge in [0.1, 0.15) is 0 Å². The van der Waals surface area contributed by atoms with Gasteiger partial charge < -0.3 is 0 Å². The van der Waals surface area contributed by atoms with Crippen LogP contribution in [0.5, 0.6) is 0 Å². The van der Waals surface area contributed by atoms with E-state index in [2.05, 4.69) is 0 Å². The van der Waals surface area contributed by atoms with Gasteiger partial charge in [-0.25, -0.2) is 0 Å². The number of rotatable bonds is 1. The van der Waals surface area contributed by atoms with Gasteiger partial charge in [0.25, 0.3) is 0 Å². The summed E-state index contributed by atoms with van der Waals surface area (Å²) in [7, 11) is 0. The number of halogens is 3. The molecule has 3 heteroatoms. The van der Waals surface area contributed by atoms with Crippen molar-refractivity contribution in [3.8, 4) is 0 Å². The highest BCUT2D eigenvalue weighted by Gasteiger charge is 2.35. The van der Waals surface area contributed by atoms with Crippen LogP contribution in [0.1, 0.15) is 30.7 Å². The van der Waals surface area contributed by atoms with Gasteiger partial charge in [-0.2, -0.15) is 13.2 Å². The lowest BCUT2D eigenvalue weighted by molar-refractivity contribution is -0.0952. The summed E-state index contributed by atoms with van der Waals surface area (Å²) in [4.78, 5) is 0. The van der Waals surface area contributed by atoms with Gasteiger partial charge in [0, 0.05) is 11.5 Å². The molecule has 0 saturated heterocycles. The van der Waals surface area contributed by atoms with E-state index in [1.165, 1.54) is 6.08 Å². The molecule has 0 nitrogen and oxygen atoms in total. The fourth-order valence-electron chi connectivity index (χ4n) is 2.12. The Morgan fingerprint density at radius 2 is 1.75 bits per heavy atom. The molecule has 0 amide bonds. The van der Waals surface area contributed by atoms with Crippen molar-refractivity contribution in [3.05, 3.63) is 47.5 Å². The molecule has 0 bridgehead atoms. The average Bonchev–Trinajstić information content (AvgIpc) is 2.29. The first-order chi connectivity index (χ1) is 7.57. The van der Waals surface area contributed by atoms with Gasteiger partial charge in [-0.05, 0) is 24.8 Å². The third-order valence-electron chi connectivity index (χ3n) is 2.96. The van der Waals surface area contributed by atoms with Gasteiger partial charge in [-0.1, -0.05) is 36.4 Å². The topological polar surface area (TPSA) is 0 Å². The molecule has 0 spiro atoms. The van der Waals surface area contributed by atoms with Crippen LogP contribution in [0.15, 0.2) is 42.0 Å². The second-order valence-electron chi connectivity index (χ2n) is 4.10. The lowest BCUT2D eigenvalue weighted by Gasteiger charge is -2.22. The van der Waals surface area contributed by atoms with Crippen LogP contribution in [-0.4, -0.2) is 6.18 Å². The number of hydrogen-bond acceptors (Lipinski definition) is 0. The Bertz CT molecular complexity index is 376. The second kappa shape index (κ2) is 4.32. The van der Waals surface area contributed by atoms with Crippen molar-refractivity contribution in [3.63, 3.8) is 0 Å². The minimum absolute atomic E-state index is 0.0772. The summed E-state index contributed by atoms with van der Waals surface area (Å²) < 4.78 is 37.7. The Labute approximate surface area is 92.8 Å². The van der Waals surface area contributed by atoms with Crippen LogP contribution < -0.4 is 0 Å². The fraction of sp³-hybridized carbons (Fsp3) is 0.385. The van der Waals surface area contributed by atoms with Crippen molar-refractivity contribution in [1.82, 2.24) is 0 Å². The van der Waals surface area contributed by atoms with Crippen LogP contribution in [-0.2, 0) is 0 Å². The molecule has 16 heavy (non-hydrogen) atoms. The van der Waals surface area contributed by atoms with Crippen molar-refractivity contribution >= 4 is 0 Å². The summed E-state index contributed by atoms with van der Waals surface area (Å²) in [6.45, 7) is 0. The Hall–Kier alpha value is -1.25. The van der Waals surface area contributed by atoms with Gasteiger partial charge in [0.15, 0.2) is 0 Å². The zero-order valence-corrected chi connectivity index (χ0v) is 8.80. The van der Waals surface area contributed by atoms with E-state index in [1.54, 1.807) is 0 Å². The molecule has 86 valence electrons. The molecule has 0 saturated carbocycles. The highest BCUT2D eigenvalue weighted by atomic mass is 19.4. The van der Waals surface area contributed by atoms with Crippen molar-refractivity contribution in [2.75, 3.05) is 0 Å². The van der Waals surface area contributed by atoms with Gasteiger partial charge in [-0.15, -0.1) is 0 Å². The zero-order chi connectivity index (χ0) is 11.6. The largest absolute Gasteiger partial charge is 0.412 e. The molecule has 0 fully saturated rings. The number of hydrogen-bond donors (Lipinski definition) is 0. The molecule has 1 aliphatic carbocycles. The van der Waals surface area contributed by atoms with E-state index >= 15 is 0 Å². The smallest absolute Gasteiger partial charge is 0.166 e. The van der Waals surface area contributed by atoms with Crippen molar-refractivity contribution in [1.29, 1.82) is 0 Å². The van der Waals surface area contributed by atoms with Crippen molar-refractivity contribution in [2.45, 2.75) is 31.4 Å². The molecule has 1 aromatic rings. The van der Waals surface area contributed by atoms with Crippen LogP contribution >= 0.6 is 0 Å². The Kier molecular flexibility index (Phi) is 3.03. The summed E-state index contributed by atoms with van der Waals surface area (Å²) in [6, 6.07) is 9.39. The summed E-state index contributed by atoms with van der Waals surface area (Å²) in [5, 5.41) is 0. The Morgan fingerprint density at radius 3 is 2.38 bits per heavy atom. The molecule has 0 aliphatic heterocycles. The van der Waals surface area contributed by atoms with Crippen LogP contribution in [0.4, 0.5) is 13.2 Å². The average molecular weight is 226 g/mol. The van der Waals surface area contributed by atoms with Crippen molar-refractivity contribution < 1.29 is 13.2 Å². The molecule has 1 aromatic carbocycles. The van der Waals surface area contributed by atoms with E-state index in [-0.39, 0.29) is 17.9 Å². The van der Waals surface area contributed by atoms with Gasteiger partial charge in [0.2, 0.25) is 0 Å². The number of allylic oxidation sites excluding steroid dienone is 2. The first-order valence-corrected chi connectivity index (χ1v) is 5.40. The maximum absolute atomic E-state index is 12.6. The van der Waals surface area contributed by atoms with E-state index in [0.717, 1.165) is 12.0 Å². The van der Waals surface area contributed by atoms with Crippen LogP contribution in [0, 0.1) is 0 Å². The maximum atomic E-state index is 12.6. The molecule has 1 unspecified atom stereocenters. The Balaban J connectivity index is 2.25. The highest BCUT2D eigenvalue weighted by Crippen LogP contribution is 2.38. The summed E-state index contributed by atoms with van der Waals surface area (Å²) in [5.74, 6) is -0.0772. The van der Waals surface area contributed by atoms with Crippen LogP contribution in [0.25, 0.3) is 0 Å². The van der Waals surface area contributed by atoms with E-state index in [9.17, 15) is 13.2 Å². The fourth-order valence-corrected chi connectivity index (χ4v) is 2.12. The minimum atomic E-state index is -4.16. The molecule has 0 radical (unpaired) electrons. The van der Waals surface area contributed by atoms with Crippen LogP contribution in [0.3, 0.4) is 0 Å². The molecular formula is C13H13F3. The third kappa shape index (κ3) is 2.46. The molecule has 0 aromatic heterocycles. The van der Waals surface area contributed by atoms with Gasteiger partial charge in [-0.3, -0.25) is 0 Å². The Morgan fingerprint density at radius 1 is 1.06 bits per heavy atom. The predicted molar refractivity (Wildman–Crippen MR) is 57.2 cm³/mol. The SMILES string of the molecule is FC(F)(F)C1=CC(c2ccccc2)CCC1. The van der Waals surface area contributed by atoms with Gasteiger partial charge in [0.05, 0.1) is 0 Å². The van der Waals surface area contributed by atoms with Crippen LogP contribution in [0.2, 0.25) is 0 Å². The van der Waals surface area contributed by atoms with Gasteiger partial charge >= 0.3 is 6.18 Å². The summed E-state index contributed by atoms with van der Waals surface area (Å²) >= 11 is 0. The minimum Gasteiger partial charge on any atom is -0.166 e. The van der Waals surface area contributed by atoms with E-state index in [1.807, 2.05) is 30.3 Å². The normalized spacial score (nSPS) is 21.7. The first-order valence-electron chi connectivity index (χ1n) is 5.40. The summed E-state index contributed by atoms with van der Waals surface area (Å²) in [5.41, 5.74) is 0.608. The van der Waals surface area contributed by atoms with Crippen molar-refractivity contribution in [2.24, 2.45) is 0 Å². The first kappa shape index (κ1) is 11.2. The lowest BCUT2D eigenvalue weighted by Crippen LogP contribution is -2.16. The molecule has 1 atom stereocenters. The summed E-state index contributed by atoms with van der Waals surface area (Å²) in [6.07, 6.45) is -1.19. The van der Waals surface area contributed by atoms with E-state index < -0.39 is 6.18 Å². The molecule has 1 aliphatic rings. The molecule has 2 rings (SSSR count). The quantitative estimate of drug-likeness (QED) is 0.621. The van der Waals surface area contributed by atoms with E-state index in [0.29, 0.717) is 6.42 Å². The molecular weight excluding hydrogens is 213 g/mol. The highest BCUT2D eigenvalue weighted by molar-refractivity contribution is 5.28. The second-order valence-corrected chi connectivity index (χ2v) is 4.10. The lowest BCUT2D eigenvalue weighted by atomic mass is 9.85. The number of alkyl halides is 3. The molecule has 0 heterocycles. The predicted octanol–water partition coefficient (Wildman–Crippen LogP) is 4.44. The zero-order valence-electron chi connectivity index (χ0n) is 8.80. The third-order valence-corrected chi connectivity index (χ3v) is 2.96. The standard InChI is InChI=1S/C13H13F3/c14-13(15,16)12-8-4-7-11(9-12)10-5-2-1-3-6-10/h1-3,5-6,9,11H,4,7-8H2. The maximum Gasteiger partial charge on any atom is 0.412 e.